The summed E-state index contributed by atoms with van der Waals surface area (Å²) in [6.07, 6.45) is 1.98. The maximum Gasteiger partial charge on any atom is 0.236 e. The summed E-state index contributed by atoms with van der Waals surface area (Å²) in [7, 11) is 2.09. The molecule has 0 fully saturated rings. The molecule has 0 aliphatic heterocycles. The molecular formula is C16H27N3O. The molecule has 0 heterocycles. The van der Waals surface area contributed by atoms with Gasteiger partial charge in [-0.25, -0.2) is 0 Å². The van der Waals surface area contributed by atoms with Gasteiger partial charge in [0.25, 0.3) is 0 Å². The van der Waals surface area contributed by atoms with Gasteiger partial charge in [0.1, 0.15) is 0 Å². The standard InChI is InChI=1S/C16H27N3O/c1-4-11-18-16(20)14(2)17-12-8-13-19(3)15-9-6-5-7-10-15/h5-7,9-10,14,17H,4,8,11-13H2,1-3H3,(H,18,20). The lowest BCUT2D eigenvalue weighted by atomic mass is 10.2. The lowest BCUT2D eigenvalue weighted by Gasteiger charge is -2.20. The van der Waals surface area contributed by atoms with Crippen molar-refractivity contribution in [2.24, 2.45) is 0 Å². The molecule has 1 rings (SSSR count). The number of carbonyl (C=O) groups is 1. The van der Waals surface area contributed by atoms with E-state index in [1.54, 1.807) is 0 Å². The topological polar surface area (TPSA) is 44.4 Å². The van der Waals surface area contributed by atoms with E-state index in [0.29, 0.717) is 0 Å². The molecule has 0 saturated heterocycles. The molecule has 1 unspecified atom stereocenters. The van der Waals surface area contributed by atoms with E-state index in [2.05, 4.69) is 41.6 Å². The Labute approximate surface area is 122 Å². The van der Waals surface area contributed by atoms with Crippen LogP contribution in [0.3, 0.4) is 0 Å². The monoisotopic (exact) mass is 277 g/mol. The molecule has 4 nitrogen and oxygen atoms in total. The molecule has 112 valence electrons. The number of carbonyl (C=O) groups excluding carboxylic acids is 1. The number of nitrogens with one attached hydrogen (secondary N) is 2. The SMILES string of the molecule is CCCNC(=O)C(C)NCCCN(C)c1ccccc1. The predicted octanol–water partition coefficient (Wildman–Crippen LogP) is 2.02. The maximum atomic E-state index is 11.7. The summed E-state index contributed by atoms with van der Waals surface area (Å²) < 4.78 is 0. The lowest BCUT2D eigenvalue weighted by molar-refractivity contribution is -0.122. The van der Waals surface area contributed by atoms with Crippen LogP contribution in [0.5, 0.6) is 0 Å². The molecule has 0 bridgehead atoms. The Morgan fingerprint density at radius 3 is 2.60 bits per heavy atom. The molecule has 2 N–H and O–H groups in total. The number of nitrogens with zero attached hydrogens (tertiary/aromatic N) is 1. The summed E-state index contributed by atoms with van der Waals surface area (Å²) in [6, 6.07) is 10.2. The minimum absolute atomic E-state index is 0.0864. The van der Waals surface area contributed by atoms with Gasteiger partial charge in [-0.15, -0.1) is 0 Å². The van der Waals surface area contributed by atoms with Gasteiger partial charge in [-0.05, 0) is 38.4 Å². The highest BCUT2D eigenvalue weighted by Gasteiger charge is 2.10. The third-order valence-corrected chi connectivity index (χ3v) is 3.26. The van der Waals surface area contributed by atoms with E-state index in [1.807, 2.05) is 25.1 Å². The van der Waals surface area contributed by atoms with E-state index in [1.165, 1.54) is 5.69 Å². The Hall–Kier alpha value is -1.55. The van der Waals surface area contributed by atoms with E-state index in [4.69, 9.17) is 0 Å². The number of rotatable bonds is 9. The van der Waals surface area contributed by atoms with Crippen LogP contribution in [0.15, 0.2) is 30.3 Å². The Morgan fingerprint density at radius 1 is 1.25 bits per heavy atom. The fourth-order valence-corrected chi connectivity index (χ4v) is 1.94. The van der Waals surface area contributed by atoms with Gasteiger partial charge in [0.2, 0.25) is 5.91 Å². The first-order valence-corrected chi connectivity index (χ1v) is 7.42. The lowest BCUT2D eigenvalue weighted by Crippen LogP contribution is -2.43. The van der Waals surface area contributed by atoms with E-state index in [9.17, 15) is 4.79 Å². The molecule has 0 aromatic heterocycles. The number of hydrogen-bond acceptors (Lipinski definition) is 3. The molecule has 0 aliphatic rings. The Bertz CT molecular complexity index is 381. The summed E-state index contributed by atoms with van der Waals surface area (Å²) in [4.78, 5) is 13.9. The highest BCUT2D eigenvalue weighted by Crippen LogP contribution is 2.10. The first kappa shape index (κ1) is 16.5. The van der Waals surface area contributed by atoms with Crippen molar-refractivity contribution in [1.82, 2.24) is 10.6 Å². The summed E-state index contributed by atoms with van der Waals surface area (Å²) in [6.45, 7) is 6.53. The first-order chi connectivity index (χ1) is 9.65. The fourth-order valence-electron chi connectivity index (χ4n) is 1.94. The number of anilines is 1. The van der Waals surface area contributed by atoms with Gasteiger partial charge in [0.15, 0.2) is 0 Å². The normalized spacial score (nSPS) is 11.9. The van der Waals surface area contributed by atoms with E-state index in [-0.39, 0.29) is 11.9 Å². The van der Waals surface area contributed by atoms with Crippen LogP contribution in [0.1, 0.15) is 26.7 Å². The third-order valence-electron chi connectivity index (χ3n) is 3.26. The fraction of sp³-hybridized carbons (Fsp3) is 0.562. The van der Waals surface area contributed by atoms with Crippen molar-refractivity contribution in [3.05, 3.63) is 30.3 Å². The number of amides is 1. The molecule has 0 aliphatic carbocycles. The summed E-state index contributed by atoms with van der Waals surface area (Å²) in [5.41, 5.74) is 1.22. The van der Waals surface area contributed by atoms with Gasteiger partial charge >= 0.3 is 0 Å². The number of para-hydroxylation sites is 1. The first-order valence-electron chi connectivity index (χ1n) is 7.42. The van der Waals surface area contributed by atoms with Crippen molar-refractivity contribution in [3.63, 3.8) is 0 Å². The van der Waals surface area contributed by atoms with E-state index >= 15 is 0 Å². The Kier molecular flexibility index (Phi) is 7.73. The molecule has 1 aromatic carbocycles. The van der Waals surface area contributed by atoms with E-state index in [0.717, 1.165) is 32.5 Å². The van der Waals surface area contributed by atoms with Crippen molar-refractivity contribution >= 4 is 11.6 Å². The maximum absolute atomic E-state index is 11.7. The molecular weight excluding hydrogens is 250 g/mol. The second-order valence-corrected chi connectivity index (χ2v) is 5.08. The van der Waals surface area contributed by atoms with Crippen LogP contribution >= 0.6 is 0 Å². The summed E-state index contributed by atoms with van der Waals surface area (Å²) >= 11 is 0. The quantitative estimate of drug-likeness (QED) is 0.679. The summed E-state index contributed by atoms with van der Waals surface area (Å²) in [5, 5.41) is 6.16. The molecule has 4 heteroatoms. The van der Waals surface area contributed by atoms with Crippen molar-refractivity contribution in [3.8, 4) is 0 Å². The van der Waals surface area contributed by atoms with Gasteiger partial charge in [0, 0.05) is 25.8 Å². The van der Waals surface area contributed by atoms with Gasteiger partial charge in [-0.3, -0.25) is 4.79 Å². The molecule has 20 heavy (non-hydrogen) atoms. The zero-order valence-corrected chi connectivity index (χ0v) is 12.9. The van der Waals surface area contributed by atoms with Crippen molar-refractivity contribution in [2.75, 3.05) is 31.6 Å². The zero-order valence-electron chi connectivity index (χ0n) is 12.9. The van der Waals surface area contributed by atoms with Crippen LogP contribution in [-0.4, -0.2) is 38.6 Å². The molecule has 0 radical (unpaired) electrons. The van der Waals surface area contributed by atoms with Gasteiger partial charge in [0.05, 0.1) is 6.04 Å². The van der Waals surface area contributed by atoms with Crippen molar-refractivity contribution in [2.45, 2.75) is 32.7 Å². The van der Waals surface area contributed by atoms with Crippen LogP contribution in [-0.2, 0) is 4.79 Å². The predicted molar refractivity (Wildman–Crippen MR) is 85.1 cm³/mol. The smallest absolute Gasteiger partial charge is 0.236 e. The second-order valence-electron chi connectivity index (χ2n) is 5.08. The summed E-state index contributed by atoms with van der Waals surface area (Å²) in [5.74, 6) is 0.0864. The third kappa shape index (κ3) is 6.06. The Balaban J connectivity index is 2.17. The van der Waals surface area contributed by atoms with Crippen molar-refractivity contribution in [1.29, 1.82) is 0 Å². The largest absolute Gasteiger partial charge is 0.375 e. The van der Waals surface area contributed by atoms with Crippen LogP contribution in [0.2, 0.25) is 0 Å². The number of benzene rings is 1. The van der Waals surface area contributed by atoms with Crippen LogP contribution in [0.25, 0.3) is 0 Å². The second kappa shape index (κ2) is 9.37. The van der Waals surface area contributed by atoms with Gasteiger partial charge in [-0.1, -0.05) is 25.1 Å². The highest BCUT2D eigenvalue weighted by atomic mass is 16.2. The average molecular weight is 277 g/mol. The average Bonchev–Trinajstić information content (AvgIpc) is 2.49. The molecule has 1 atom stereocenters. The van der Waals surface area contributed by atoms with Gasteiger partial charge < -0.3 is 15.5 Å². The van der Waals surface area contributed by atoms with Gasteiger partial charge in [-0.2, -0.15) is 0 Å². The van der Waals surface area contributed by atoms with Crippen LogP contribution in [0.4, 0.5) is 5.69 Å². The molecule has 1 aromatic rings. The van der Waals surface area contributed by atoms with E-state index < -0.39 is 0 Å². The molecule has 0 saturated carbocycles. The number of hydrogen-bond donors (Lipinski definition) is 2. The highest BCUT2D eigenvalue weighted by molar-refractivity contribution is 5.81. The van der Waals surface area contributed by atoms with Crippen molar-refractivity contribution < 1.29 is 4.79 Å². The minimum atomic E-state index is -0.122. The minimum Gasteiger partial charge on any atom is -0.375 e. The molecule has 1 amide bonds. The zero-order chi connectivity index (χ0) is 14.8. The van der Waals surface area contributed by atoms with Crippen LogP contribution in [0, 0.1) is 0 Å². The molecule has 0 spiro atoms. The Morgan fingerprint density at radius 2 is 1.95 bits per heavy atom. The van der Waals surface area contributed by atoms with Crippen LogP contribution < -0.4 is 15.5 Å².